The van der Waals surface area contributed by atoms with Crippen molar-refractivity contribution in [3.8, 4) is 5.69 Å². The number of aliphatic hydroxyl groups is 1. The van der Waals surface area contributed by atoms with E-state index in [9.17, 15) is 9.90 Å². The molecule has 0 saturated heterocycles. The second-order valence-electron chi connectivity index (χ2n) is 11.6. The Labute approximate surface area is 290 Å². The molecule has 4 nitrogen and oxygen atoms in total. The Morgan fingerprint density at radius 1 is 0.848 bits per heavy atom. The maximum absolute atomic E-state index is 11.7. The third-order valence-corrected chi connectivity index (χ3v) is 11.5. The standard InChI is InChI=1S/C27H15N2Se.C13H24O2.Ir/c1-2-9-18(10-3-1)29-21-13-6-12-20-24(21)25-22(29)14-7-15-23(25)30-27-19-11-5-4-8-17(19)16-28-26(20)27;1-5-10(6-2)12(14)9-13(15)11(7-3)8-4;/h1-11,13-16H;9-11,14H,5-8H2,1-4H3;/q-1;;/b;12-9-;. The summed E-state index contributed by atoms with van der Waals surface area (Å²) in [6, 6.07) is 33.8. The van der Waals surface area contributed by atoms with E-state index >= 15 is 0 Å². The van der Waals surface area contributed by atoms with Crippen LogP contribution >= 0.6 is 0 Å². The molecule has 0 aliphatic heterocycles. The van der Waals surface area contributed by atoms with Crippen molar-refractivity contribution in [1.82, 2.24) is 9.55 Å². The Morgan fingerprint density at radius 3 is 2.24 bits per heavy atom. The summed E-state index contributed by atoms with van der Waals surface area (Å²) in [4.78, 5) is 16.7. The number of carbonyl (C=O) groups is 1. The Morgan fingerprint density at radius 2 is 1.52 bits per heavy atom. The van der Waals surface area contributed by atoms with E-state index in [1.165, 1.54) is 52.9 Å². The summed E-state index contributed by atoms with van der Waals surface area (Å²) in [5, 5.41) is 16.0. The number of para-hydroxylation sites is 1. The van der Waals surface area contributed by atoms with Gasteiger partial charge in [-0.1, -0.05) is 27.7 Å². The number of aliphatic hydroxyl groups excluding tert-OH is 1. The molecule has 46 heavy (non-hydrogen) atoms. The van der Waals surface area contributed by atoms with Gasteiger partial charge < -0.3 is 5.11 Å². The summed E-state index contributed by atoms with van der Waals surface area (Å²) in [5.74, 6) is 0.547. The molecule has 0 amide bonds. The van der Waals surface area contributed by atoms with E-state index in [2.05, 4.69) is 95.6 Å². The van der Waals surface area contributed by atoms with Crippen LogP contribution in [-0.4, -0.2) is 34.9 Å². The molecule has 0 atom stereocenters. The van der Waals surface area contributed by atoms with Gasteiger partial charge in [0, 0.05) is 38.0 Å². The Kier molecular flexibility index (Phi) is 11.0. The van der Waals surface area contributed by atoms with Crippen LogP contribution in [-0.2, 0) is 24.9 Å². The average Bonchev–Trinajstić information content (AvgIpc) is 3.34. The summed E-state index contributed by atoms with van der Waals surface area (Å²) in [5.41, 5.74) is 4.75. The fourth-order valence-corrected chi connectivity index (χ4v) is 9.01. The zero-order valence-electron chi connectivity index (χ0n) is 26.7. The fourth-order valence-electron chi connectivity index (χ4n) is 6.45. The van der Waals surface area contributed by atoms with Crippen molar-refractivity contribution in [3.63, 3.8) is 0 Å². The molecular formula is C40H39IrN2O2Se-. The van der Waals surface area contributed by atoms with Crippen LogP contribution in [0.1, 0.15) is 53.4 Å². The third kappa shape index (κ3) is 6.25. The first-order valence-corrected chi connectivity index (χ1v) is 17.7. The zero-order chi connectivity index (χ0) is 31.5. The number of rotatable bonds is 8. The number of hydrogen-bond acceptors (Lipinski definition) is 3. The number of benzene rings is 4. The molecule has 1 radical (unpaired) electrons. The number of ketones is 1. The predicted molar refractivity (Wildman–Crippen MR) is 191 cm³/mol. The van der Waals surface area contributed by atoms with Crippen molar-refractivity contribution >= 4 is 72.3 Å². The molecule has 0 fully saturated rings. The quantitative estimate of drug-likeness (QED) is 0.0717. The van der Waals surface area contributed by atoms with Gasteiger partial charge in [0.1, 0.15) is 0 Å². The van der Waals surface area contributed by atoms with Gasteiger partial charge >= 0.3 is 179 Å². The van der Waals surface area contributed by atoms with E-state index in [4.69, 9.17) is 4.98 Å². The Bertz CT molecular complexity index is 2150. The SMILES string of the molecule is CCC(CC)C(=O)/C=C(\O)C(CC)CC.[Ir].[c-]1ccc2c3c1c1ncc4ccccc4c1[se]c1cccc(c13)n2-c1ccccc1. The van der Waals surface area contributed by atoms with Crippen molar-refractivity contribution < 1.29 is 30.0 Å². The number of fused-ring (bicyclic) bond motifs is 4. The second-order valence-corrected chi connectivity index (χ2v) is 13.8. The van der Waals surface area contributed by atoms with Gasteiger partial charge in [0.2, 0.25) is 0 Å². The Hall–Kier alpha value is -3.53. The van der Waals surface area contributed by atoms with Crippen molar-refractivity contribution in [1.29, 1.82) is 0 Å². The number of hydrogen-bond donors (Lipinski definition) is 1. The molecule has 1 N–H and O–H groups in total. The number of allylic oxidation sites excluding steroid dienone is 2. The van der Waals surface area contributed by atoms with Gasteiger partial charge in [-0.3, -0.25) is 4.79 Å². The summed E-state index contributed by atoms with van der Waals surface area (Å²) in [6.45, 7) is 8.07. The fraction of sp³-hybridized carbons (Fsp3) is 0.250. The summed E-state index contributed by atoms with van der Waals surface area (Å²) in [6.07, 6.45) is 6.92. The van der Waals surface area contributed by atoms with E-state index in [1.807, 2.05) is 33.9 Å². The molecule has 0 saturated carbocycles. The van der Waals surface area contributed by atoms with Crippen LogP contribution in [0.15, 0.2) is 103 Å². The van der Waals surface area contributed by atoms with Crippen LogP contribution < -0.4 is 0 Å². The molecule has 3 aromatic heterocycles. The van der Waals surface area contributed by atoms with Crippen LogP contribution in [0.25, 0.3) is 57.7 Å². The second kappa shape index (κ2) is 14.9. The maximum atomic E-state index is 11.7. The normalized spacial score (nSPS) is 11.9. The minimum atomic E-state index is 0. The van der Waals surface area contributed by atoms with E-state index in [-0.39, 0.29) is 58.0 Å². The van der Waals surface area contributed by atoms with Crippen molar-refractivity contribution in [2.45, 2.75) is 53.4 Å². The van der Waals surface area contributed by atoms with Gasteiger partial charge in [-0.2, -0.15) is 0 Å². The first-order chi connectivity index (χ1) is 22.0. The molecule has 0 aliphatic rings. The van der Waals surface area contributed by atoms with Crippen LogP contribution in [0, 0.1) is 17.9 Å². The van der Waals surface area contributed by atoms with E-state index in [0.717, 1.165) is 36.6 Å². The number of pyridine rings is 1. The van der Waals surface area contributed by atoms with Gasteiger partial charge in [0.05, 0.1) is 5.76 Å². The van der Waals surface area contributed by atoms with Gasteiger partial charge in [0.15, 0.2) is 5.78 Å². The summed E-state index contributed by atoms with van der Waals surface area (Å²) in [7, 11) is 0. The average molecular weight is 851 g/mol. The molecule has 3 heterocycles. The Balaban J connectivity index is 0.000000225. The summed E-state index contributed by atoms with van der Waals surface area (Å²) < 4.78 is 5.16. The summed E-state index contributed by atoms with van der Waals surface area (Å²) >= 11 is 0.158. The molecule has 7 aromatic rings. The first-order valence-electron chi connectivity index (χ1n) is 16.0. The van der Waals surface area contributed by atoms with Crippen LogP contribution in [0.4, 0.5) is 0 Å². The van der Waals surface area contributed by atoms with Gasteiger partial charge in [-0.15, -0.1) is 0 Å². The van der Waals surface area contributed by atoms with Gasteiger partial charge in [-0.25, -0.2) is 0 Å². The molecule has 237 valence electrons. The number of carbonyl (C=O) groups excluding carboxylic acids is 1. The number of aromatic nitrogens is 2. The predicted octanol–water partition coefficient (Wildman–Crippen LogP) is 10.4. The van der Waals surface area contributed by atoms with Crippen molar-refractivity contribution in [2.75, 3.05) is 0 Å². The molecule has 7 rings (SSSR count). The molecule has 0 bridgehead atoms. The zero-order valence-corrected chi connectivity index (χ0v) is 30.8. The minimum absolute atomic E-state index is 0. The van der Waals surface area contributed by atoms with Gasteiger partial charge in [0.25, 0.3) is 0 Å². The number of nitrogens with zero attached hydrogens (tertiary/aromatic N) is 2. The van der Waals surface area contributed by atoms with E-state index in [1.54, 1.807) is 0 Å². The van der Waals surface area contributed by atoms with Crippen molar-refractivity contribution in [2.24, 2.45) is 11.8 Å². The third-order valence-electron chi connectivity index (χ3n) is 9.01. The molecule has 4 aromatic carbocycles. The monoisotopic (exact) mass is 852 g/mol. The topological polar surface area (TPSA) is 55.1 Å². The van der Waals surface area contributed by atoms with E-state index < -0.39 is 0 Å². The van der Waals surface area contributed by atoms with Crippen molar-refractivity contribution in [3.05, 3.63) is 109 Å². The molecule has 6 heteroatoms. The molecule has 0 spiro atoms. The first kappa shape index (κ1) is 33.8. The van der Waals surface area contributed by atoms with Gasteiger partial charge in [-0.05, 0) is 25.7 Å². The molecule has 0 aliphatic carbocycles. The molecular weight excluding hydrogens is 812 g/mol. The van der Waals surface area contributed by atoms with Crippen LogP contribution in [0.5, 0.6) is 0 Å². The van der Waals surface area contributed by atoms with Crippen LogP contribution in [0.3, 0.4) is 0 Å². The molecule has 0 unspecified atom stereocenters. The van der Waals surface area contributed by atoms with Crippen LogP contribution in [0.2, 0.25) is 0 Å². The van der Waals surface area contributed by atoms with E-state index in [0.29, 0.717) is 0 Å².